The van der Waals surface area contributed by atoms with Crippen LogP contribution < -0.4 is 16.2 Å². The Kier molecular flexibility index (Phi) is 7.14. The first-order valence-corrected chi connectivity index (χ1v) is 12.4. The molecule has 2 saturated heterocycles. The van der Waals surface area contributed by atoms with Crippen LogP contribution in [0.2, 0.25) is 0 Å². The molecule has 4 rings (SSSR count). The molecule has 2 N–H and O–H groups in total. The fourth-order valence-electron chi connectivity index (χ4n) is 4.18. The van der Waals surface area contributed by atoms with E-state index in [0.717, 1.165) is 19.3 Å². The largest absolute Gasteiger partial charge is 0.369 e. The number of primary amides is 1. The Balaban J connectivity index is 1.72. The first-order valence-electron chi connectivity index (χ1n) is 11.2. The normalized spacial score (nSPS) is 18.6. The van der Waals surface area contributed by atoms with Crippen molar-refractivity contribution in [3.63, 3.8) is 0 Å². The number of hydrogen-bond donors (Lipinski definition) is 1. The molecular weight excluding hydrogens is 458 g/mol. The fourth-order valence-corrected chi connectivity index (χ4v) is 5.47. The molecular formula is C23H27N5O3S2. The molecule has 174 valence electrons. The Labute approximate surface area is 201 Å². The highest BCUT2D eigenvalue weighted by Gasteiger charge is 2.33. The van der Waals surface area contributed by atoms with Gasteiger partial charge in [-0.05, 0) is 37.5 Å². The molecule has 0 bridgehead atoms. The average Bonchev–Trinajstić information content (AvgIpc) is 3.08. The molecule has 2 aromatic heterocycles. The zero-order valence-electron chi connectivity index (χ0n) is 18.5. The lowest BCUT2D eigenvalue weighted by Crippen LogP contribution is -2.40. The minimum atomic E-state index is -0.298. The predicted molar refractivity (Wildman–Crippen MR) is 135 cm³/mol. The number of amides is 2. The van der Waals surface area contributed by atoms with Crippen molar-refractivity contribution in [2.75, 3.05) is 24.5 Å². The topological polar surface area (TPSA) is 101 Å². The third kappa shape index (κ3) is 4.81. The number of thiocarbonyl (C=S) groups is 1. The van der Waals surface area contributed by atoms with Crippen molar-refractivity contribution >= 4 is 57.7 Å². The van der Waals surface area contributed by atoms with Gasteiger partial charge in [0.2, 0.25) is 5.91 Å². The molecule has 0 aromatic carbocycles. The quantitative estimate of drug-likeness (QED) is 0.366. The van der Waals surface area contributed by atoms with E-state index in [1.54, 1.807) is 29.3 Å². The van der Waals surface area contributed by atoms with E-state index in [2.05, 4.69) is 6.92 Å². The van der Waals surface area contributed by atoms with Crippen LogP contribution in [0.1, 0.15) is 44.6 Å². The highest BCUT2D eigenvalue weighted by Crippen LogP contribution is 2.34. The Morgan fingerprint density at radius 2 is 2.03 bits per heavy atom. The third-order valence-corrected chi connectivity index (χ3v) is 7.46. The SMILES string of the molecule is CCCCCN1C(=O)/C(=C/c2c(N3CCC(C(N)=O)CC3)nc3ccccn3c2=O)SC1=S. The molecule has 0 unspecified atom stereocenters. The standard InChI is InChI=1S/C23H27N5O3S2/c1-2-3-5-11-28-22(31)17(33-23(28)32)14-16-20(26-12-8-15(9-13-26)19(24)29)25-18-7-4-6-10-27(18)21(16)30/h4,6-7,10,14-15H,2-3,5,8-9,11-13H2,1H3,(H2,24,29)/b17-14-. The van der Waals surface area contributed by atoms with Gasteiger partial charge in [-0.3, -0.25) is 23.7 Å². The first-order chi connectivity index (χ1) is 15.9. The zero-order valence-corrected chi connectivity index (χ0v) is 20.2. The number of anilines is 1. The van der Waals surface area contributed by atoms with Crippen LogP contribution in [-0.2, 0) is 9.59 Å². The molecule has 2 aliphatic rings. The van der Waals surface area contributed by atoms with Crippen LogP contribution in [-0.4, -0.2) is 50.1 Å². The number of nitrogens with two attached hydrogens (primary N) is 1. The zero-order chi connectivity index (χ0) is 23.5. The second kappa shape index (κ2) is 10.0. The van der Waals surface area contributed by atoms with Crippen LogP contribution in [0.25, 0.3) is 11.7 Å². The van der Waals surface area contributed by atoms with Crippen molar-refractivity contribution in [2.24, 2.45) is 11.7 Å². The summed E-state index contributed by atoms with van der Waals surface area (Å²) >= 11 is 6.66. The van der Waals surface area contributed by atoms with Gasteiger partial charge in [0.1, 0.15) is 15.8 Å². The number of thioether (sulfide) groups is 1. The van der Waals surface area contributed by atoms with Crippen molar-refractivity contribution in [2.45, 2.75) is 39.0 Å². The molecule has 0 aliphatic carbocycles. The summed E-state index contributed by atoms with van der Waals surface area (Å²) in [4.78, 5) is 46.9. The van der Waals surface area contributed by atoms with Gasteiger partial charge in [-0.2, -0.15) is 0 Å². The molecule has 2 aliphatic heterocycles. The summed E-state index contributed by atoms with van der Waals surface area (Å²) in [5, 5.41) is 0. The highest BCUT2D eigenvalue weighted by molar-refractivity contribution is 8.26. The van der Waals surface area contributed by atoms with Crippen LogP contribution in [0, 0.1) is 5.92 Å². The van der Waals surface area contributed by atoms with E-state index in [1.807, 2.05) is 11.0 Å². The monoisotopic (exact) mass is 485 g/mol. The molecule has 4 heterocycles. The smallest absolute Gasteiger partial charge is 0.267 e. The van der Waals surface area contributed by atoms with Crippen molar-refractivity contribution in [1.82, 2.24) is 14.3 Å². The summed E-state index contributed by atoms with van der Waals surface area (Å²) in [6, 6.07) is 5.37. The number of aromatic nitrogens is 2. The summed E-state index contributed by atoms with van der Waals surface area (Å²) in [5.74, 6) is -0.124. The minimum Gasteiger partial charge on any atom is -0.369 e. The Morgan fingerprint density at radius 1 is 1.27 bits per heavy atom. The van der Waals surface area contributed by atoms with Gasteiger partial charge >= 0.3 is 0 Å². The maximum atomic E-state index is 13.4. The van der Waals surface area contributed by atoms with E-state index >= 15 is 0 Å². The number of pyridine rings is 1. The lowest BCUT2D eigenvalue weighted by atomic mass is 9.96. The van der Waals surface area contributed by atoms with Gasteiger partial charge in [-0.25, -0.2) is 4.98 Å². The number of nitrogens with zero attached hydrogens (tertiary/aromatic N) is 4. The van der Waals surface area contributed by atoms with E-state index in [9.17, 15) is 14.4 Å². The van der Waals surface area contributed by atoms with Crippen LogP contribution in [0.4, 0.5) is 5.82 Å². The molecule has 0 atom stereocenters. The maximum absolute atomic E-state index is 13.4. The van der Waals surface area contributed by atoms with Gasteiger partial charge < -0.3 is 10.6 Å². The number of unbranched alkanes of at least 4 members (excludes halogenated alkanes) is 2. The van der Waals surface area contributed by atoms with Gasteiger partial charge in [-0.15, -0.1) is 0 Å². The first kappa shape index (κ1) is 23.4. The third-order valence-electron chi connectivity index (χ3n) is 6.08. The van der Waals surface area contributed by atoms with E-state index < -0.39 is 0 Å². The number of rotatable bonds is 7. The molecule has 33 heavy (non-hydrogen) atoms. The molecule has 0 radical (unpaired) electrons. The lowest BCUT2D eigenvalue weighted by molar-refractivity contribution is -0.123. The molecule has 2 aromatic rings. The number of hydrogen-bond acceptors (Lipinski definition) is 7. The molecule has 8 nitrogen and oxygen atoms in total. The molecule has 2 fully saturated rings. The molecule has 2 amide bonds. The lowest BCUT2D eigenvalue weighted by Gasteiger charge is -2.32. The van der Waals surface area contributed by atoms with E-state index in [4.69, 9.17) is 22.9 Å². The Bertz CT molecular complexity index is 1180. The van der Waals surface area contributed by atoms with Crippen molar-refractivity contribution in [3.8, 4) is 0 Å². The van der Waals surface area contributed by atoms with Crippen LogP contribution in [0.5, 0.6) is 0 Å². The van der Waals surface area contributed by atoms with E-state index in [1.165, 1.54) is 16.2 Å². The Morgan fingerprint density at radius 3 is 2.73 bits per heavy atom. The molecule has 10 heteroatoms. The number of carbonyl (C=O) groups excluding carboxylic acids is 2. The maximum Gasteiger partial charge on any atom is 0.267 e. The minimum absolute atomic E-state index is 0.169. The van der Waals surface area contributed by atoms with Crippen molar-refractivity contribution in [1.29, 1.82) is 0 Å². The second-order valence-electron chi connectivity index (χ2n) is 8.29. The summed E-state index contributed by atoms with van der Waals surface area (Å²) in [7, 11) is 0. The van der Waals surface area contributed by atoms with Crippen molar-refractivity contribution in [3.05, 3.63) is 45.2 Å². The summed E-state index contributed by atoms with van der Waals surface area (Å²) in [6.45, 7) is 3.81. The highest BCUT2D eigenvalue weighted by atomic mass is 32.2. The van der Waals surface area contributed by atoms with Gasteiger partial charge in [0.05, 0.1) is 10.5 Å². The number of carbonyl (C=O) groups is 2. The summed E-state index contributed by atoms with van der Waals surface area (Å²) in [5.41, 5.74) is 6.11. The average molecular weight is 486 g/mol. The summed E-state index contributed by atoms with van der Waals surface area (Å²) < 4.78 is 1.99. The molecule has 0 saturated carbocycles. The second-order valence-corrected chi connectivity index (χ2v) is 9.96. The molecule has 0 spiro atoms. The summed E-state index contributed by atoms with van der Waals surface area (Å²) in [6.07, 6.45) is 7.46. The van der Waals surface area contributed by atoms with Gasteiger partial charge in [0.15, 0.2) is 0 Å². The van der Waals surface area contributed by atoms with Gasteiger partial charge in [0.25, 0.3) is 11.5 Å². The van der Waals surface area contributed by atoms with Crippen LogP contribution in [0.15, 0.2) is 34.1 Å². The Hall–Kier alpha value is -2.72. The predicted octanol–water partition coefficient (Wildman–Crippen LogP) is 2.79. The van der Waals surface area contributed by atoms with Crippen LogP contribution >= 0.6 is 24.0 Å². The van der Waals surface area contributed by atoms with Gasteiger partial charge in [-0.1, -0.05) is 49.8 Å². The van der Waals surface area contributed by atoms with Crippen LogP contribution in [0.3, 0.4) is 0 Å². The van der Waals surface area contributed by atoms with Crippen molar-refractivity contribution < 1.29 is 9.59 Å². The van der Waals surface area contributed by atoms with E-state index in [-0.39, 0.29) is 23.3 Å². The fraction of sp³-hybridized carbons (Fsp3) is 0.435. The van der Waals surface area contributed by atoms with Gasteiger partial charge in [0, 0.05) is 31.7 Å². The number of piperidine rings is 1. The number of fused-ring (bicyclic) bond motifs is 1. The van der Waals surface area contributed by atoms with E-state index in [0.29, 0.717) is 58.7 Å².